The van der Waals surface area contributed by atoms with Crippen molar-refractivity contribution < 1.29 is 4.42 Å². The number of aromatic nitrogens is 1. The molecule has 0 saturated heterocycles. The lowest BCUT2D eigenvalue weighted by molar-refractivity contribution is 0.666. The van der Waals surface area contributed by atoms with Gasteiger partial charge in [0.15, 0.2) is 5.58 Å². The van der Waals surface area contributed by atoms with Gasteiger partial charge in [0, 0.05) is 41.7 Å². The maximum absolute atomic E-state index is 6.71. The predicted molar refractivity (Wildman–Crippen MR) is 192 cm³/mol. The molecule has 10 aromatic rings. The van der Waals surface area contributed by atoms with E-state index in [4.69, 9.17) is 4.42 Å². The van der Waals surface area contributed by atoms with Crippen LogP contribution in [0.1, 0.15) is 0 Å². The zero-order valence-electron chi connectivity index (χ0n) is 24.2. The highest BCUT2D eigenvalue weighted by Crippen LogP contribution is 2.43. The van der Waals surface area contributed by atoms with Crippen molar-refractivity contribution in [1.82, 2.24) is 4.57 Å². The van der Waals surface area contributed by atoms with Crippen LogP contribution < -0.4 is 0 Å². The van der Waals surface area contributed by atoms with Gasteiger partial charge in [0.1, 0.15) is 5.58 Å². The molecule has 0 radical (unpaired) electrons. The molecule has 0 unspecified atom stereocenters. The Morgan fingerprint density at radius 3 is 2.09 bits per heavy atom. The first kappa shape index (κ1) is 24.8. The molecule has 0 amide bonds. The number of rotatable bonds is 3. The smallest absolute Gasteiger partial charge is 0.159 e. The fraction of sp³-hybridized carbons (Fsp3) is 0. The number of hydrogen-bond donors (Lipinski definition) is 0. The van der Waals surface area contributed by atoms with E-state index >= 15 is 0 Å². The second-order valence-electron chi connectivity index (χ2n) is 11.7. The van der Waals surface area contributed by atoms with E-state index in [0.717, 1.165) is 27.6 Å². The number of hydrogen-bond acceptors (Lipinski definition) is 2. The zero-order chi connectivity index (χ0) is 29.5. The van der Waals surface area contributed by atoms with Crippen molar-refractivity contribution in [3.63, 3.8) is 0 Å². The number of nitrogens with zero attached hydrogens (tertiary/aromatic N) is 1. The monoisotopic (exact) mass is 591 g/mol. The van der Waals surface area contributed by atoms with Gasteiger partial charge in [-0.05, 0) is 70.8 Å². The van der Waals surface area contributed by atoms with E-state index in [1.807, 2.05) is 11.3 Å². The summed E-state index contributed by atoms with van der Waals surface area (Å²) in [4.78, 5) is 0. The van der Waals surface area contributed by atoms with E-state index in [1.54, 1.807) is 0 Å². The molecule has 10 rings (SSSR count). The Morgan fingerprint density at radius 2 is 1.16 bits per heavy atom. The number of thiophene rings is 1. The molecule has 3 aromatic heterocycles. The van der Waals surface area contributed by atoms with Crippen molar-refractivity contribution >= 4 is 75.3 Å². The van der Waals surface area contributed by atoms with Gasteiger partial charge in [-0.15, -0.1) is 11.3 Å². The van der Waals surface area contributed by atoms with Crippen LogP contribution in [0.15, 0.2) is 156 Å². The number of furan rings is 1. The van der Waals surface area contributed by atoms with Crippen molar-refractivity contribution in [2.24, 2.45) is 0 Å². The Labute approximate surface area is 263 Å². The molecule has 0 bridgehead atoms. The molecule has 3 heterocycles. The van der Waals surface area contributed by atoms with E-state index in [9.17, 15) is 0 Å². The van der Waals surface area contributed by atoms with Crippen molar-refractivity contribution in [1.29, 1.82) is 0 Å². The maximum atomic E-state index is 6.71. The van der Waals surface area contributed by atoms with Crippen LogP contribution in [0.2, 0.25) is 0 Å². The third-order valence-corrected chi connectivity index (χ3v) is 10.3. The van der Waals surface area contributed by atoms with Crippen LogP contribution in [0.4, 0.5) is 0 Å². The summed E-state index contributed by atoms with van der Waals surface area (Å²) in [5, 5.41) is 7.36. The van der Waals surface area contributed by atoms with Crippen molar-refractivity contribution in [2.75, 3.05) is 0 Å². The molecule has 0 aliphatic heterocycles. The average Bonchev–Trinajstić information content (AvgIpc) is 3.77. The zero-order valence-corrected chi connectivity index (χ0v) is 25.0. The largest absolute Gasteiger partial charge is 0.454 e. The summed E-state index contributed by atoms with van der Waals surface area (Å²) in [6, 6.07) is 54.6. The first-order valence-electron chi connectivity index (χ1n) is 15.3. The lowest BCUT2D eigenvalue weighted by atomic mass is 9.98. The van der Waals surface area contributed by atoms with Crippen LogP contribution in [0, 0.1) is 0 Å². The Kier molecular flexibility index (Phi) is 5.19. The van der Waals surface area contributed by atoms with Crippen LogP contribution in [-0.4, -0.2) is 4.57 Å². The van der Waals surface area contributed by atoms with Crippen molar-refractivity contribution in [3.8, 4) is 27.9 Å². The lowest BCUT2D eigenvalue weighted by Gasteiger charge is -2.09. The van der Waals surface area contributed by atoms with Gasteiger partial charge >= 0.3 is 0 Å². The molecule has 2 nitrogen and oxygen atoms in total. The quantitative estimate of drug-likeness (QED) is 0.200. The second-order valence-corrected chi connectivity index (χ2v) is 12.8. The van der Waals surface area contributed by atoms with Gasteiger partial charge in [-0.2, -0.15) is 0 Å². The third-order valence-electron chi connectivity index (χ3n) is 9.21. The predicted octanol–water partition coefficient (Wildman–Crippen LogP) is 12.4. The molecule has 0 fully saturated rings. The van der Waals surface area contributed by atoms with Gasteiger partial charge in [-0.1, -0.05) is 103 Å². The topological polar surface area (TPSA) is 18.1 Å². The summed E-state index contributed by atoms with van der Waals surface area (Å²) in [6.45, 7) is 0. The highest BCUT2D eigenvalue weighted by Gasteiger charge is 2.19. The van der Waals surface area contributed by atoms with Crippen LogP contribution in [0.25, 0.3) is 91.9 Å². The molecule has 0 atom stereocenters. The fourth-order valence-corrected chi connectivity index (χ4v) is 8.32. The standard InChI is InChI=1S/C42H25NOS/c1-2-10-26(11-3-1)27-20-22-36-33(24-27)30-12-4-6-16-35(30)43(36)37-17-8-15-31-34-25-28(21-23-38(34)44-42(31)37)29-14-9-19-40-41(29)32-13-5-7-18-39(32)45-40/h1-25H. The molecule has 210 valence electrons. The van der Waals surface area contributed by atoms with Crippen LogP contribution >= 0.6 is 11.3 Å². The summed E-state index contributed by atoms with van der Waals surface area (Å²) < 4.78 is 11.7. The van der Waals surface area contributed by atoms with Crippen LogP contribution in [-0.2, 0) is 0 Å². The Hall–Kier alpha value is -5.64. The minimum atomic E-state index is 0.899. The van der Waals surface area contributed by atoms with Gasteiger partial charge in [0.25, 0.3) is 0 Å². The SMILES string of the molecule is c1ccc(-c2ccc3c(c2)c2ccccc2n3-c2cccc3c2oc2ccc(-c4cccc5sc6ccccc6c45)cc23)cc1. The number of benzene rings is 7. The number of fused-ring (bicyclic) bond motifs is 9. The lowest BCUT2D eigenvalue weighted by Crippen LogP contribution is -1.94. The van der Waals surface area contributed by atoms with Gasteiger partial charge in [-0.25, -0.2) is 0 Å². The first-order chi connectivity index (χ1) is 22.3. The molecular formula is C42H25NOS. The van der Waals surface area contributed by atoms with Crippen LogP contribution in [0.5, 0.6) is 0 Å². The normalized spacial score (nSPS) is 12.0. The maximum Gasteiger partial charge on any atom is 0.159 e. The Morgan fingerprint density at radius 1 is 0.444 bits per heavy atom. The second kappa shape index (κ2) is 9.43. The summed E-state index contributed by atoms with van der Waals surface area (Å²) in [5.74, 6) is 0. The minimum absolute atomic E-state index is 0.899. The van der Waals surface area contributed by atoms with Gasteiger partial charge < -0.3 is 8.98 Å². The first-order valence-corrected chi connectivity index (χ1v) is 16.1. The molecular weight excluding hydrogens is 567 g/mol. The molecule has 7 aromatic carbocycles. The van der Waals surface area contributed by atoms with Gasteiger partial charge in [0.05, 0.1) is 16.7 Å². The van der Waals surface area contributed by atoms with E-state index < -0.39 is 0 Å². The van der Waals surface area contributed by atoms with Crippen molar-refractivity contribution in [3.05, 3.63) is 152 Å². The van der Waals surface area contributed by atoms with E-state index in [1.165, 1.54) is 64.2 Å². The molecule has 0 aliphatic rings. The van der Waals surface area contributed by atoms with E-state index in [-0.39, 0.29) is 0 Å². The molecule has 0 aliphatic carbocycles. The van der Waals surface area contributed by atoms with Crippen molar-refractivity contribution in [2.45, 2.75) is 0 Å². The molecule has 45 heavy (non-hydrogen) atoms. The van der Waals surface area contributed by atoms with Gasteiger partial charge in [-0.3, -0.25) is 0 Å². The molecule has 3 heteroatoms. The third kappa shape index (κ3) is 3.62. The van der Waals surface area contributed by atoms with Crippen LogP contribution in [0.3, 0.4) is 0 Å². The Balaban J connectivity index is 1.20. The molecule has 0 saturated carbocycles. The summed E-state index contributed by atoms with van der Waals surface area (Å²) in [5.41, 5.74) is 10.1. The number of para-hydroxylation sites is 2. The summed E-state index contributed by atoms with van der Waals surface area (Å²) in [7, 11) is 0. The van der Waals surface area contributed by atoms with E-state index in [2.05, 4.69) is 156 Å². The summed E-state index contributed by atoms with van der Waals surface area (Å²) in [6.07, 6.45) is 0. The van der Waals surface area contributed by atoms with E-state index in [0.29, 0.717) is 0 Å². The van der Waals surface area contributed by atoms with Gasteiger partial charge in [0.2, 0.25) is 0 Å². The minimum Gasteiger partial charge on any atom is -0.454 e. The average molecular weight is 592 g/mol. The highest BCUT2D eigenvalue weighted by molar-refractivity contribution is 7.25. The summed E-state index contributed by atoms with van der Waals surface area (Å²) >= 11 is 1.86. The highest BCUT2D eigenvalue weighted by atomic mass is 32.1. The molecule has 0 spiro atoms. The fourth-order valence-electron chi connectivity index (χ4n) is 7.19. The molecule has 0 N–H and O–H groups in total. The Bertz CT molecular complexity index is 2760.